The fraction of sp³-hybridized carbons (Fsp3) is 0.600. The van der Waals surface area contributed by atoms with Crippen LogP contribution < -0.4 is 5.32 Å². The van der Waals surface area contributed by atoms with Gasteiger partial charge in [0.15, 0.2) is 0 Å². The van der Waals surface area contributed by atoms with Crippen LogP contribution in [-0.4, -0.2) is 17.0 Å². The molecule has 5 nitrogen and oxygen atoms in total. The Kier molecular flexibility index (Phi) is 5.36. The Balaban J connectivity index is 2.37. The zero-order valence-electron chi connectivity index (χ0n) is 12.5. The highest BCUT2D eigenvalue weighted by Crippen LogP contribution is 2.25. The summed E-state index contributed by atoms with van der Waals surface area (Å²) >= 11 is 0. The van der Waals surface area contributed by atoms with Crippen molar-refractivity contribution >= 4 is 11.9 Å². The van der Waals surface area contributed by atoms with Crippen LogP contribution in [-0.2, 0) is 11.3 Å². The predicted octanol–water partition coefficient (Wildman–Crippen LogP) is 3.06. The van der Waals surface area contributed by atoms with E-state index in [1.54, 1.807) is 6.07 Å². The van der Waals surface area contributed by atoms with Gasteiger partial charge < -0.3 is 14.8 Å². The molecule has 0 radical (unpaired) electrons. The van der Waals surface area contributed by atoms with Gasteiger partial charge in [-0.25, -0.2) is 4.79 Å². The van der Waals surface area contributed by atoms with Gasteiger partial charge in [0.2, 0.25) is 11.7 Å². The molecular formula is C15H23NO4. The maximum atomic E-state index is 11.8. The van der Waals surface area contributed by atoms with Gasteiger partial charge in [-0.05, 0) is 29.9 Å². The number of carboxylic acids is 1. The highest BCUT2D eigenvalue weighted by molar-refractivity contribution is 5.84. The molecule has 1 aromatic rings. The molecule has 1 rings (SSSR count). The van der Waals surface area contributed by atoms with Crippen molar-refractivity contribution in [3.05, 3.63) is 23.7 Å². The van der Waals surface area contributed by atoms with Crippen LogP contribution in [0.15, 0.2) is 16.5 Å². The van der Waals surface area contributed by atoms with E-state index in [0.717, 1.165) is 6.42 Å². The summed E-state index contributed by atoms with van der Waals surface area (Å²) < 4.78 is 5.07. The minimum atomic E-state index is -1.11. The fourth-order valence-corrected chi connectivity index (χ4v) is 2.28. The third-order valence-electron chi connectivity index (χ3n) is 2.83. The molecule has 0 fully saturated rings. The van der Waals surface area contributed by atoms with Crippen molar-refractivity contribution in [1.29, 1.82) is 0 Å². The number of nitrogens with one attached hydrogen (secondary N) is 1. The number of hydrogen-bond acceptors (Lipinski definition) is 3. The highest BCUT2D eigenvalue weighted by atomic mass is 16.4. The molecule has 1 unspecified atom stereocenters. The molecule has 1 aromatic heterocycles. The zero-order valence-corrected chi connectivity index (χ0v) is 12.5. The quantitative estimate of drug-likeness (QED) is 0.840. The van der Waals surface area contributed by atoms with Crippen LogP contribution in [0.2, 0.25) is 0 Å². The zero-order chi connectivity index (χ0) is 15.3. The standard InChI is InChI=1S/C15H23NO4/c1-10(8-15(2,3)4)7-13(17)16-9-11-5-6-12(20-11)14(18)19/h5-6,10H,7-9H2,1-4H3,(H,16,17)(H,18,19). The van der Waals surface area contributed by atoms with Crippen LogP contribution in [0.25, 0.3) is 0 Å². The molecule has 0 bridgehead atoms. The molecule has 2 N–H and O–H groups in total. The average molecular weight is 281 g/mol. The van der Waals surface area contributed by atoms with Crippen LogP contribution in [0.4, 0.5) is 0 Å². The van der Waals surface area contributed by atoms with Crippen molar-refractivity contribution in [2.24, 2.45) is 11.3 Å². The van der Waals surface area contributed by atoms with Gasteiger partial charge in [-0.2, -0.15) is 0 Å². The maximum absolute atomic E-state index is 11.8. The summed E-state index contributed by atoms with van der Waals surface area (Å²) in [4.78, 5) is 22.4. The minimum absolute atomic E-state index is 0.0463. The predicted molar refractivity (Wildman–Crippen MR) is 75.4 cm³/mol. The van der Waals surface area contributed by atoms with Crippen LogP contribution in [0.5, 0.6) is 0 Å². The Hall–Kier alpha value is -1.78. The van der Waals surface area contributed by atoms with Gasteiger partial charge in [0.05, 0.1) is 6.54 Å². The second-order valence-electron chi connectivity index (χ2n) is 6.42. The summed E-state index contributed by atoms with van der Waals surface area (Å²) in [5.74, 6) is -0.521. The van der Waals surface area contributed by atoms with E-state index in [9.17, 15) is 9.59 Å². The summed E-state index contributed by atoms with van der Waals surface area (Å²) in [6.45, 7) is 8.72. The Morgan fingerprint density at radius 1 is 1.35 bits per heavy atom. The molecule has 0 aliphatic carbocycles. The lowest BCUT2D eigenvalue weighted by atomic mass is 9.84. The lowest BCUT2D eigenvalue weighted by molar-refractivity contribution is -0.122. The van der Waals surface area contributed by atoms with Crippen molar-refractivity contribution in [3.63, 3.8) is 0 Å². The SMILES string of the molecule is CC(CC(=O)NCc1ccc(C(=O)O)o1)CC(C)(C)C. The molecule has 5 heteroatoms. The second kappa shape index (κ2) is 6.59. The van der Waals surface area contributed by atoms with Crippen LogP contribution in [0.1, 0.15) is 56.9 Å². The van der Waals surface area contributed by atoms with Gasteiger partial charge in [-0.3, -0.25) is 4.79 Å². The van der Waals surface area contributed by atoms with Crippen LogP contribution >= 0.6 is 0 Å². The lowest BCUT2D eigenvalue weighted by Crippen LogP contribution is -2.25. The van der Waals surface area contributed by atoms with Gasteiger partial charge in [0.1, 0.15) is 5.76 Å². The average Bonchev–Trinajstić information content (AvgIpc) is 2.72. The van der Waals surface area contributed by atoms with Crippen LogP contribution in [0.3, 0.4) is 0 Å². The molecule has 1 amide bonds. The fourth-order valence-electron chi connectivity index (χ4n) is 2.28. The molecular weight excluding hydrogens is 258 g/mol. The van der Waals surface area contributed by atoms with Crippen LogP contribution in [0, 0.1) is 11.3 Å². The van der Waals surface area contributed by atoms with Crippen molar-refractivity contribution in [1.82, 2.24) is 5.32 Å². The maximum Gasteiger partial charge on any atom is 0.371 e. The number of carbonyl (C=O) groups excluding carboxylic acids is 1. The Labute approximate surface area is 119 Å². The number of hydrogen-bond donors (Lipinski definition) is 2. The summed E-state index contributed by atoms with van der Waals surface area (Å²) in [6.07, 6.45) is 1.44. The molecule has 112 valence electrons. The first-order chi connectivity index (χ1) is 9.17. The van der Waals surface area contributed by atoms with Gasteiger partial charge in [0, 0.05) is 6.42 Å². The molecule has 0 spiro atoms. The summed E-state index contributed by atoms with van der Waals surface area (Å²) in [7, 11) is 0. The normalized spacial score (nSPS) is 13.0. The van der Waals surface area contributed by atoms with Gasteiger partial charge >= 0.3 is 5.97 Å². The summed E-state index contributed by atoms with van der Waals surface area (Å²) in [6, 6.07) is 2.94. The first-order valence-electron chi connectivity index (χ1n) is 6.76. The number of rotatable bonds is 6. The van der Waals surface area contributed by atoms with Crippen molar-refractivity contribution in [2.75, 3.05) is 0 Å². The molecule has 1 atom stereocenters. The molecule has 20 heavy (non-hydrogen) atoms. The smallest absolute Gasteiger partial charge is 0.371 e. The minimum Gasteiger partial charge on any atom is -0.475 e. The lowest BCUT2D eigenvalue weighted by Gasteiger charge is -2.22. The van der Waals surface area contributed by atoms with E-state index in [1.807, 2.05) is 0 Å². The summed E-state index contributed by atoms with van der Waals surface area (Å²) in [5, 5.41) is 11.5. The number of carbonyl (C=O) groups is 2. The highest BCUT2D eigenvalue weighted by Gasteiger charge is 2.18. The molecule has 0 aromatic carbocycles. The van der Waals surface area contributed by atoms with E-state index in [4.69, 9.17) is 9.52 Å². The number of amides is 1. The Morgan fingerprint density at radius 2 is 2.00 bits per heavy atom. The van der Waals surface area contributed by atoms with Crippen molar-refractivity contribution in [3.8, 4) is 0 Å². The van der Waals surface area contributed by atoms with Crippen molar-refractivity contribution < 1.29 is 19.1 Å². The topological polar surface area (TPSA) is 79.5 Å². The van der Waals surface area contributed by atoms with Gasteiger partial charge in [-0.15, -0.1) is 0 Å². The van der Waals surface area contributed by atoms with E-state index in [-0.39, 0.29) is 23.6 Å². The first-order valence-corrected chi connectivity index (χ1v) is 6.76. The molecule has 0 aliphatic heterocycles. The third-order valence-corrected chi connectivity index (χ3v) is 2.83. The molecule has 0 saturated carbocycles. The third kappa shape index (κ3) is 5.91. The van der Waals surface area contributed by atoms with Gasteiger partial charge in [-0.1, -0.05) is 27.7 Å². The van der Waals surface area contributed by atoms with Gasteiger partial charge in [0.25, 0.3) is 0 Å². The number of aromatic carboxylic acids is 1. The van der Waals surface area contributed by atoms with E-state index in [1.165, 1.54) is 6.07 Å². The molecule has 0 aliphatic rings. The Bertz CT molecular complexity index is 470. The van der Waals surface area contributed by atoms with E-state index in [0.29, 0.717) is 18.1 Å². The van der Waals surface area contributed by atoms with Crippen molar-refractivity contribution in [2.45, 2.75) is 47.1 Å². The number of carboxylic acid groups (broad SMARTS) is 1. The molecule has 0 saturated heterocycles. The van der Waals surface area contributed by atoms with E-state index < -0.39 is 5.97 Å². The van der Waals surface area contributed by atoms with E-state index in [2.05, 4.69) is 33.0 Å². The monoisotopic (exact) mass is 281 g/mol. The molecule has 1 heterocycles. The first kappa shape index (κ1) is 16.3. The Morgan fingerprint density at radius 3 is 2.50 bits per heavy atom. The van der Waals surface area contributed by atoms with E-state index >= 15 is 0 Å². The summed E-state index contributed by atoms with van der Waals surface area (Å²) in [5.41, 5.74) is 0.205. The largest absolute Gasteiger partial charge is 0.475 e. The second-order valence-corrected chi connectivity index (χ2v) is 6.42. The number of furan rings is 1.